The van der Waals surface area contributed by atoms with Crippen LogP contribution in [-0.4, -0.2) is 75.5 Å². The summed E-state index contributed by atoms with van der Waals surface area (Å²) in [6.07, 6.45) is 2.10. The number of rotatable bonds is 9. The van der Waals surface area contributed by atoms with Crippen molar-refractivity contribution in [3.8, 4) is 0 Å². The van der Waals surface area contributed by atoms with Gasteiger partial charge in [0, 0.05) is 57.4 Å². The van der Waals surface area contributed by atoms with Crippen molar-refractivity contribution in [3.05, 3.63) is 0 Å². The number of likely N-dealkylation sites (tertiary alicyclic amines) is 1. The standard InChI is InChI=1S/C19H38N4O2.HI/c1-5-20-19(22-18-12-23(15(2)3)11-16(18)4)21-8-6-9-24-13-17-7-10-25-14-17;/h15-18H,5-14H2,1-4H3,(H2,20,21,22);1H. The summed E-state index contributed by atoms with van der Waals surface area (Å²) < 4.78 is 11.1. The summed E-state index contributed by atoms with van der Waals surface area (Å²) in [6.45, 7) is 16.3. The van der Waals surface area contributed by atoms with Crippen molar-refractivity contribution in [2.45, 2.75) is 52.6 Å². The second-order valence-corrected chi connectivity index (χ2v) is 7.69. The van der Waals surface area contributed by atoms with E-state index in [0.29, 0.717) is 23.9 Å². The second kappa shape index (κ2) is 13.1. The van der Waals surface area contributed by atoms with Gasteiger partial charge in [0.15, 0.2) is 5.96 Å². The van der Waals surface area contributed by atoms with Crippen LogP contribution in [0.2, 0.25) is 0 Å². The van der Waals surface area contributed by atoms with Crippen molar-refractivity contribution in [3.63, 3.8) is 0 Å². The van der Waals surface area contributed by atoms with E-state index in [-0.39, 0.29) is 24.0 Å². The van der Waals surface area contributed by atoms with E-state index in [2.05, 4.69) is 43.2 Å². The van der Waals surface area contributed by atoms with Crippen LogP contribution in [0.4, 0.5) is 0 Å². The van der Waals surface area contributed by atoms with Crippen molar-refractivity contribution < 1.29 is 9.47 Å². The third kappa shape index (κ3) is 8.27. The molecule has 3 unspecified atom stereocenters. The van der Waals surface area contributed by atoms with Gasteiger partial charge in [0.05, 0.1) is 13.2 Å². The SMILES string of the molecule is CCNC(=NCCCOCC1CCOC1)NC1CN(C(C)C)CC1C.I. The van der Waals surface area contributed by atoms with Gasteiger partial charge in [0.1, 0.15) is 0 Å². The lowest BCUT2D eigenvalue weighted by Crippen LogP contribution is -2.46. The van der Waals surface area contributed by atoms with Crippen LogP contribution in [0.15, 0.2) is 4.99 Å². The lowest BCUT2D eigenvalue weighted by molar-refractivity contribution is 0.0893. The minimum absolute atomic E-state index is 0. The Labute approximate surface area is 176 Å². The smallest absolute Gasteiger partial charge is 0.191 e. The van der Waals surface area contributed by atoms with E-state index in [1.165, 1.54) is 0 Å². The number of aliphatic imine (C=N–C) groups is 1. The predicted octanol–water partition coefficient (Wildman–Crippen LogP) is 2.33. The molecule has 0 aliphatic carbocycles. The van der Waals surface area contributed by atoms with Gasteiger partial charge < -0.3 is 20.1 Å². The molecule has 0 aromatic rings. The molecular formula is C19H39IN4O2. The van der Waals surface area contributed by atoms with Gasteiger partial charge in [-0.3, -0.25) is 9.89 Å². The quantitative estimate of drug-likeness (QED) is 0.229. The van der Waals surface area contributed by atoms with Gasteiger partial charge >= 0.3 is 0 Å². The fraction of sp³-hybridized carbons (Fsp3) is 0.947. The van der Waals surface area contributed by atoms with Gasteiger partial charge in [-0.15, -0.1) is 24.0 Å². The molecule has 2 rings (SSSR count). The van der Waals surface area contributed by atoms with Crippen molar-refractivity contribution in [2.24, 2.45) is 16.8 Å². The van der Waals surface area contributed by atoms with Crippen LogP contribution in [-0.2, 0) is 9.47 Å². The molecule has 0 aromatic carbocycles. The highest BCUT2D eigenvalue weighted by atomic mass is 127. The lowest BCUT2D eigenvalue weighted by atomic mass is 10.1. The molecule has 2 N–H and O–H groups in total. The first-order chi connectivity index (χ1) is 12.1. The van der Waals surface area contributed by atoms with Crippen LogP contribution in [0.25, 0.3) is 0 Å². The highest BCUT2D eigenvalue weighted by Gasteiger charge is 2.31. The van der Waals surface area contributed by atoms with Gasteiger partial charge in [0.25, 0.3) is 0 Å². The zero-order valence-electron chi connectivity index (χ0n) is 17.0. The molecule has 7 heteroatoms. The number of hydrogen-bond donors (Lipinski definition) is 2. The van der Waals surface area contributed by atoms with Crippen LogP contribution in [0, 0.1) is 11.8 Å². The van der Waals surface area contributed by atoms with Crippen LogP contribution in [0.5, 0.6) is 0 Å². The van der Waals surface area contributed by atoms with E-state index in [4.69, 9.17) is 14.5 Å². The van der Waals surface area contributed by atoms with Gasteiger partial charge in [-0.1, -0.05) is 6.92 Å². The highest BCUT2D eigenvalue weighted by molar-refractivity contribution is 14.0. The van der Waals surface area contributed by atoms with E-state index >= 15 is 0 Å². The van der Waals surface area contributed by atoms with Crippen LogP contribution >= 0.6 is 24.0 Å². The molecule has 3 atom stereocenters. The van der Waals surface area contributed by atoms with Crippen molar-refractivity contribution in [1.82, 2.24) is 15.5 Å². The molecule has 0 spiro atoms. The number of guanidine groups is 1. The van der Waals surface area contributed by atoms with Crippen molar-refractivity contribution in [1.29, 1.82) is 0 Å². The van der Waals surface area contributed by atoms with Crippen LogP contribution in [0.3, 0.4) is 0 Å². The van der Waals surface area contributed by atoms with E-state index in [1.54, 1.807) is 0 Å². The summed E-state index contributed by atoms with van der Waals surface area (Å²) in [6, 6.07) is 1.08. The Morgan fingerprint density at radius 1 is 1.35 bits per heavy atom. The molecule has 6 nitrogen and oxygen atoms in total. The number of ether oxygens (including phenoxy) is 2. The van der Waals surface area contributed by atoms with E-state index in [1.807, 2.05) is 0 Å². The lowest BCUT2D eigenvalue weighted by Gasteiger charge is -2.22. The first kappa shape index (κ1) is 23.9. The molecule has 2 saturated heterocycles. The Hall–Kier alpha value is -0.120. The van der Waals surface area contributed by atoms with Crippen LogP contribution < -0.4 is 10.6 Å². The zero-order valence-corrected chi connectivity index (χ0v) is 19.3. The van der Waals surface area contributed by atoms with Gasteiger partial charge in [-0.25, -0.2) is 0 Å². The topological polar surface area (TPSA) is 58.1 Å². The van der Waals surface area contributed by atoms with Gasteiger partial charge in [-0.05, 0) is 39.5 Å². The third-order valence-electron chi connectivity index (χ3n) is 5.13. The molecule has 2 heterocycles. The summed E-state index contributed by atoms with van der Waals surface area (Å²) in [7, 11) is 0. The Morgan fingerprint density at radius 3 is 2.77 bits per heavy atom. The first-order valence-electron chi connectivity index (χ1n) is 10.0. The zero-order chi connectivity index (χ0) is 18.1. The molecule has 0 bridgehead atoms. The third-order valence-corrected chi connectivity index (χ3v) is 5.13. The van der Waals surface area contributed by atoms with Gasteiger partial charge in [-0.2, -0.15) is 0 Å². The number of hydrogen-bond acceptors (Lipinski definition) is 4. The maximum absolute atomic E-state index is 5.75. The maximum atomic E-state index is 5.75. The summed E-state index contributed by atoms with van der Waals surface area (Å²) in [5.41, 5.74) is 0. The average Bonchev–Trinajstić information content (AvgIpc) is 3.21. The molecule has 0 radical (unpaired) electrons. The fourth-order valence-corrected chi connectivity index (χ4v) is 3.43. The highest BCUT2D eigenvalue weighted by Crippen LogP contribution is 2.18. The number of nitrogens with one attached hydrogen (secondary N) is 2. The largest absolute Gasteiger partial charge is 0.381 e. The van der Waals surface area contributed by atoms with E-state index < -0.39 is 0 Å². The molecule has 0 aromatic heterocycles. The Bertz CT molecular complexity index is 403. The molecule has 2 fully saturated rings. The normalized spacial score (nSPS) is 27.0. The first-order valence-corrected chi connectivity index (χ1v) is 10.0. The van der Waals surface area contributed by atoms with Crippen molar-refractivity contribution >= 4 is 29.9 Å². The molecule has 0 saturated carbocycles. The predicted molar refractivity (Wildman–Crippen MR) is 119 cm³/mol. The summed E-state index contributed by atoms with van der Waals surface area (Å²) in [5, 5.41) is 7.00. The molecule has 0 amide bonds. The Balaban J connectivity index is 0.00000338. The maximum Gasteiger partial charge on any atom is 0.191 e. The van der Waals surface area contributed by atoms with E-state index in [9.17, 15) is 0 Å². The summed E-state index contributed by atoms with van der Waals surface area (Å²) in [5.74, 6) is 2.17. The number of nitrogens with zero attached hydrogens (tertiary/aromatic N) is 2. The summed E-state index contributed by atoms with van der Waals surface area (Å²) >= 11 is 0. The minimum Gasteiger partial charge on any atom is -0.381 e. The molecular weight excluding hydrogens is 443 g/mol. The second-order valence-electron chi connectivity index (χ2n) is 7.69. The monoisotopic (exact) mass is 482 g/mol. The van der Waals surface area contributed by atoms with Crippen LogP contribution in [0.1, 0.15) is 40.5 Å². The van der Waals surface area contributed by atoms with E-state index in [0.717, 1.165) is 71.4 Å². The molecule has 154 valence electrons. The Kier molecular flexibility index (Phi) is 12.1. The minimum atomic E-state index is 0. The fourth-order valence-electron chi connectivity index (χ4n) is 3.43. The molecule has 2 aliphatic heterocycles. The number of halogens is 1. The molecule has 26 heavy (non-hydrogen) atoms. The summed E-state index contributed by atoms with van der Waals surface area (Å²) in [4.78, 5) is 7.26. The van der Waals surface area contributed by atoms with Crippen molar-refractivity contribution in [2.75, 3.05) is 52.6 Å². The van der Waals surface area contributed by atoms with Gasteiger partial charge in [0.2, 0.25) is 0 Å². The average molecular weight is 482 g/mol. The Morgan fingerprint density at radius 2 is 2.15 bits per heavy atom. The molecule has 2 aliphatic rings.